The van der Waals surface area contributed by atoms with Crippen LogP contribution in [0.15, 0.2) is 18.2 Å². The van der Waals surface area contributed by atoms with E-state index in [1.165, 1.54) is 25.1 Å². The number of hydrogen-bond acceptors (Lipinski definition) is 3. The van der Waals surface area contributed by atoms with E-state index in [2.05, 4.69) is 10.6 Å². The fourth-order valence-electron chi connectivity index (χ4n) is 1.46. The lowest BCUT2D eigenvalue weighted by Crippen LogP contribution is -2.45. The number of carbonyl (C=O) groups is 3. The Morgan fingerprint density at radius 1 is 1.40 bits per heavy atom. The SMILES string of the molecule is Cc1c(F)cccc1NC(=O)N[C@H](CC(N)=O)C(=O)O. The normalized spacial score (nSPS) is 11.5. The molecule has 1 aromatic carbocycles. The molecule has 0 spiro atoms. The summed E-state index contributed by atoms with van der Waals surface area (Å²) >= 11 is 0. The third-order valence-electron chi connectivity index (χ3n) is 2.52. The molecule has 1 rings (SSSR count). The zero-order valence-corrected chi connectivity index (χ0v) is 10.6. The lowest BCUT2D eigenvalue weighted by molar-refractivity contribution is -0.140. The third-order valence-corrected chi connectivity index (χ3v) is 2.52. The Labute approximate surface area is 114 Å². The van der Waals surface area contributed by atoms with Crippen LogP contribution in [-0.2, 0) is 9.59 Å². The van der Waals surface area contributed by atoms with E-state index in [1.54, 1.807) is 0 Å². The minimum absolute atomic E-state index is 0.200. The molecule has 0 aromatic heterocycles. The maximum absolute atomic E-state index is 13.3. The Hall–Kier alpha value is -2.64. The number of amides is 3. The van der Waals surface area contributed by atoms with Crippen LogP contribution in [0.25, 0.3) is 0 Å². The molecule has 0 fully saturated rings. The molecular weight excluding hydrogens is 269 g/mol. The maximum Gasteiger partial charge on any atom is 0.326 e. The molecular formula is C12H14FN3O4. The molecule has 0 unspecified atom stereocenters. The number of primary amides is 1. The number of aliphatic carboxylic acids is 1. The van der Waals surface area contributed by atoms with E-state index in [9.17, 15) is 18.8 Å². The van der Waals surface area contributed by atoms with Crippen LogP contribution in [0.5, 0.6) is 0 Å². The standard InChI is InChI=1S/C12H14FN3O4/c1-6-7(13)3-2-4-8(6)15-12(20)16-9(11(18)19)5-10(14)17/h2-4,9H,5H2,1H3,(H2,14,17)(H,18,19)(H2,15,16,20)/t9-/m1/s1. The van der Waals surface area contributed by atoms with Gasteiger partial charge in [-0.05, 0) is 19.1 Å². The fraction of sp³-hybridized carbons (Fsp3) is 0.250. The first-order valence-corrected chi connectivity index (χ1v) is 5.65. The van der Waals surface area contributed by atoms with E-state index in [0.717, 1.165) is 0 Å². The highest BCUT2D eigenvalue weighted by Gasteiger charge is 2.22. The van der Waals surface area contributed by atoms with Gasteiger partial charge < -0.3 is 21.5 Å². The first kappa shape index (κ1) is 15.4. The van der Waals surface area contributed by atoms with Crippen molar-refractivity contribution in [3.8, 4) is 0 Å². The Balaban J connectivity index is 2.73. The van der Waals surface area contributed by atoms with Gasteiger partial charge in [0.1, 0.15) is 11.9 Å². The van der Waals surface area contributed by atoms with Crippen molar-refractivity contribution in [2.24, 2.45) is 5.73 Å². The number of halogens is 1. The Bertz CT molecular complexity index is 548. The molecule has 1 aromatic rings. The number of carboxylic acid groups (broad SMARTS) is 1. The van der Waals surface area contributed by atoms with Crippen molar-refractivity contribution in [2.45, 2.75) is 19.4 Å². The summed E-state index contributed by atoms with van der Waals surface area (Å²) < 4.78 is 13.3. The molecule has 0 aliphatic rings. The number of carbonyl (C=O) groups excluding carboxylic acids is 2. The van der Waals surface area contributed by atoms with Gasteiger partial charge in [0.15, 0.2) is 0 Å². The summed E-state index contributed by atoms with van der Waals surface area (Å²) in [7, 11) is 0. The molecule has 20 heavy (non-hydrogen) atoms. The van der Waals surface area contributed by atoms with Gasteiger partial charge in [0.25, 0.3) is 0 Å². The van der Waals surface area contributed by atoms with Crippen molar-refractivity contribution in [1.82, 2.24) is 5.32 Å². The second-order valence-corrected chi connectivity index (χ2v) is 4.07. The van der Waals surface area contributed by atoms with Crippen LogP contribution >= 0.6 is 0 Å². The van der Waals surface area contributed by atoms with Gasteiger partial charge in [-0.2, -0.15) is 0 Å². The topological polar surface area (TPSA) is 122 Å². The summed E-state index contributed by atoms with van der Waals surface area (Å²) in [6.07, 6.45) is -0.537. The molecule has 1 atom stereocenters. The van der Waals surface area contributed by atoms with Gasteiger partial charge in [-0.15, -0.1) is 0 Å². The lowest BCUT2D eigenvalue weighted by Gasteiger charge is -2.14. The second-order valence-electron chi connectivity index (χ2n) is 4.07. The van der Waals surface area contributed by atoms with Crippen molar-refractivity contribution < 1.29 is 23.9 Å². The molecule has 0 aliphatic heterocycles. The number of benzene rings is 1. The summed E-state index contributed by atoms with van der Waals surface area (Å²) in [5.41, 5.74) is 5.29. The van der Waals surface area contributed by atoms with Crippen molar-refractivity contribution in [1.29, 1.82) is 0 Å². The molecule has 3 amide bonds. The molecule has 0 heterocycles. The number of anilines is 1. The van der Waals surface area contributed by atoms with Gasteiger partial charge in [-0.25, -0.2) is 14.0 Å². The quantitative estimate of drug-likeness (QED) is 0.631. The van der Waals surface area contributed by atoms with Gasteiger partial charge in [0, 0.05) is 11.3 Å². The summed E-state index contributed by atoms with van der Waals surface area (Å²) in [5, 5.41) is 13.2. The van der Waals surface area contributed by atoms with Crippen molar-refractivity contribution in [3.05, 3.63) is 29.6 Å². The molecule has 108 valence electrons. The van der Waals surface area contributed by atoms with Crippen LogP contribution in [-0.4, -0.2) is 29.1 Å². The first-order chi connectivity index (χ1) is 9.31. The van der Waals surface area contributed by atoms with Gasteiger partial charge in [-0.1, -0.05) is 6.07 Å². The number of rotatable bonds is 5. The third kappa shape index (κ3) is 4.23. The predicted octanol–water partition coefficient (Wildman–Crippen LogP) is 0.584. The van der Waals surface area contributed by atoms with E-state index >= 15 is 0 Å². The van der Waals surface area contributed by atoms with Gasteiger partial charge in [0.05, 0.1) is 6.42 Å². The average Bonchev–Trinajstić information content (AvgIpc) is 2.33. The van der Waals surface area contributed by atoms with E-state index in [0.29, 0.717) is 0 Å². The Morgan fingerprint density at radius 3 is 2.60 bits per heavy atom. The van der Waals surface area contributed by atoms with Gasteiger partial charge >= 0.3 is 12.0 Å². The molecule has 7 nitrogen and oxygen atoms in total. The van der Waals surface area contributed by atoms with E-state index in [1.807, 2.05) is 0 Å². The smallest absolute Gasteiger partial charge is 0.326 e. The van der Waals surface area contributed by atoms with Crippen LogP contribution in [0, 0.1) is 12.7 Å². The fourth-order valence-corrected chi connectivity index (χ4v) is 1.46. The molecule has 0 radical (unpaired) electrons. The summed E-state index contributed by atoms with van der Waals surface area (Å²) in [6.45, 7) is 1.46. The lowest BCUT2D eigenvalue weighted by atomic mass is 10.2. The Kier molecular flexibility index (Phi) is 5.01. The number of nitrogens with two attached hydrogens (primary N) is 1. The highest BCUT2D eigenvalue weighted by Crippen LogP contribution is 2.17. The van der Waals surface area contributed by atoms with Crippen LogP contribution in [0.4, 0.5) is 14.9 Å². The van der Waals surface area contributed by atoms with Gasteiger partial charge in [-0.3, -0.25) is 4.79 Å². The number of nitrogens with one attached hydrogen (secondary N) is 2. The molecule has 0 aliphatic carbocycles. The summed E-state index contributed by atoms with van der Waals surface area (Å²) in [4.78, 5) is 33.1. The highest BCUT2D eigenvalue weighted by molar-refractivity contribution is 5.94. The number of carboxylic acids is 1. The molecule has 0 saturated carbocycles. The largest absolute Gasteiger partial charge is 0.480 e. The van der Waals surface area contributed by atoms with Crippen LogP contribution in [0.1, 0.15) is 12.0 Å². The van der Waals surface area contributed by atoms with Crippen molar-refractivity contribution in [3.63, 3.8) is 0 Å². The predicted molar refractivity (Wildman–Crippen MR) is 68.5 cm³/mol. The molecule has 8 heteroatoms. The zero-order valence-electron chi connectivity index (χ0n) is 10.6. The van der Waals surface area contributed by atoms with E-state index in [4.69, 9.17) is 10.8 Å². The van der Waals surface area contributed by atoms with Crippen LogP contribution in [0.3, 0.4) is 0 Å². The number of hydrogen-bond donors (Lipinski definition) is 4. The van der Waals surface area contributed by atoms with Gasteiger partial charge in [0.2, 0.25) is 5.91 Å². The van der Waals surface area contributed by atoms with Crippen molar-refractivity contribution in [2.75, 3.05) is 5.32 Å². The number of urea groups is 1. The molecule has 0 saturated heterocycles. The van der Waals surface area contributed by atoms with Crippen LogP contribution < -0.4 is 16.4 Å². The van der Waals surface area contributed by atoms with Crippen LogP contribution in [0.2, 0.25) is 0 Å². The Morgan fingerprint density at radius 2 is 2.05 bits per heavy atom. The monoisotopic (exact) mass is 283 g/mol. The minimum Gasteiger partial charge on any atom is -0.480 e. The first-order valence-electron chi connectivity index (χ1n) is 5.65. The molecule has 5 N–H and O–H groups in total. The average molecular weight is 283 g/mol. The zero-order chi connectivity index (χ0) is 15.3. The summed E-state index contributed by atoms with van der Waals surface area (Å²) in [6, 6.07) is 1.78. The minimum atomic E-state index is -1.44. The van der Waals surface area contributed by atoms with E-state index in [-0.39, 0.29) is 11.3 Å². The highest BCUT2D eigenvalue weighted by atomic mass is 19.1. The molecule has 0 bridgehead atoms. The summed E-state index contributed by atoms with van der Waals surface area (Å²) in [5.74, 6) is -2.76. The van der Waals surface area contributed by atoms with E-state index < -0.39 is 36.2 Å². The maximum atomic E-state index is 13.3. The van der Waals surface area contributed by atoms with Crippen molar-refractivity contribution >= 4 is 23.6 Å². The second kappa shape index (κ2) is 6.50.